The van der Waals surface area contributed by atoms with Crippen molar-refractivity contribution in [3.05, 3.63) is 29.8 Å². The van der Waals surface area contributed by atoms with Crippen molar-refractivity contribution in [3.8, 4) is 5.75 Å². The number of fused-ring (bicyclic) bond motifs is 4. The van der Waals surface area contributed by atoms with Crippen LogP contribution in [0.2, 0.25) is 0 Å². The van der Waals surface area contributed by atoms with E-state index in [1.165, 1.54) is 6.92 Å². The zero-order valence-electron chi connectivity index (χ0n) is 17.1. The highest BCUT2D eigenvalue weighted by Gasteiger charge is 2.50. The van der Waals surface area contributed by atoms with Crippen molar-refractivity contribution in [1.82, 2.24) is 15.1 Å². The van der Waals surface area contributed by atoms with E-state index in [-0.39, 0.29) is 35.7 Å². The largest absolute Gasteiger partial charge is 0.497 e. The first-order chi connectivity index (χ1) is 14.0. The molecule has 4 rings (SSSR count). The number of amides is 3. The summed E-state index contributed by atoms with van der Waals surface area (Å²) in [4.78, 5) is 41.5. The predicted molar refractivity (Wildman–Crippen MR) is 107 cm³/mol. The van der Waals surface area contributed by atoms with E-state index < -0.39 is 0 Å². The number of methoxy groups -OCH3 is 1. The fourth-order valence-electron chi connectivity index (χ4n) is 5.39. The molecule has 1 N–H and O–H groups in total. The van der Waals surface area contributed by atoms with Gasteiger partial charge in [-0.25, -0.2) is 0 Å². The maximum atomic E-state index is 13.2. The highest BCUT2D eigenvalue weighted by atomic mass is 16.5. The van der Waals surface area contributed by atoms with Crippen LogP contribution in [0.3, 0.4) is 0 Å². The number of likely N-dealkylation sites (tertiary alicyclic amines) is 1. The van der Waals surface area contributed by atoms with Crippen molar-refractivity contribution in [2.75, 3.05) is 26.7 Å². The molecule has 0 saturated carbocycles. The quantitative estimate of drug-likeness (QED) is 0.835. The number of piperidine rings is 3. The maximum Gasteiger partial charge on any atom is 0.254 e. The minimum absolute atomic E-state index is 0.00691. The van der Waals surface area contributed by atoms with Gasteiger partial charge in [-0.05, 0) is 49.3 Å². The first-order valence-electron chi connectivity index (χ1n) is 10.5. The van der Waals surface area contributed by atoms with Crippen molar-refractivity contribution in [1.29, 1.82) is 0 Å². The van der Waals surface area contributed by atoms with Gasteiger partial charge >= 0.3 is 0 Å². The van der Waals surface area contributed by atoms with Crippen LogP contribution < -0.4 is 10.1 Å². The number of nitrogens with zero attached hydrogens (tertiary/aromatic N) is 2. The maximum absolute atomic E-state index is 13.2. The van der Waals surface area contributed by atoms with Gasteiger partial charge in [0, 0.05) is 44.6 Å². The molecule has 7 heteroatoms. The molecule has 1 aromatic rings. The fraction of sp³-hybridized carbons (Fsp3) is 0.591. The van der Waals surface area contributed by atoms with Crippen LogP contribution in [0.15, 0.2) is 24.3 Å². The topological polar surface area (TPSA) is 79.0 Å². The molecule has 4 atom stereocenters. The van der Waals surface area contributed by atoms with Gasteiger partial charge in [0.15, 0.2) is 0 Å². The molecule has 7 nitrogen and oxygen atoms in total. The van der Waals surface area contributed by atoms with Gasteiger partial charge in [-0.3, -0.25) is 14.4 Å². The zero-order valence-corrected chi connectivity index (χ0v) is 17.1. The molecule has 29 heavy (non-hydrogen) atoms. The third-order valence-electron chi connectivity index (χ3n) is 6.66. The van der Waals surface area contributed by atoms with Crippen molar-refractivity contribution in [2.24, 2.45) is 11.8 Å². The number of ether oxygens (including phenoxy) is 1. The third-order valence-corrected chi connectivity index (χ3v) is 6.66. The van der Waals surface area contributed by atoms with E-state index in [4.69, 9.17) is 4.74 Å². The Kier molecular flexibility index (Phi) is 5.48. The first kappa shape index (κ1) is 19.7. The summed E-state index contributed by atoms with van der Waals surface area (Å²) in [6.45, 7) is 3.23. The Morgan fingerprint density at radius 3 is 2.79 bits per heavy atom. The number of nitrogens with one attached hydrogen (secondary N) is 1. The number of carbonyl (C=O) groups excluding carboxylic acids is 3. The van der Waals surface area contributed by atoms with Crippen LogP contribution >= 0.6 is 0 Å². The minimum Gasteiger partial charge on any atom is -0.497 e. The molecule has 0 aliphatic carbocycles. The molecule has 156 valence electrons. The second-order valence-electron chi connectivity index (χ2n) is 8.46. The molecule has 2 bridgehead atoms. The summed E-state index contributed by atoms with van der Waals surface area (Å²) in [5.41, 5.74) is 0.624. The molecule has 3 aliphatic heterocycles. The Morgan fingerprint density at radius 1 is 1.24 bits per heavy atom. The van der Waals surface area contributed by atoms with Crippen LogP contribution in [-0.2, 0) is 9.59 Å². The summed E-state index contributed by atoms with van der Waals surface area (Å²) in [5.74, 6) is 1.25. The van der Waals surface area contributed by atoms with Gasteiger partial charge in [-0.1, -0.05) is 6.07 Å². The smallest absolute Gasteiger partial charge is 0.254 e. The molecule has 0 spiro atoms. The average Bonchev–Trinajstić information content (AvgIpc) is 2.73. The molecule has 3 fully saturated rings. The lowest BCUT2D eigenvalue weighted by Gasteiger charge is -2.56. The van der Waals surface area contributed by atoms with E-state index in [9.17, 15) is 14.4 Å². The van der Waals surface area contributed by atoms with Crippen molar-refractivity contribution in [3.63, 3.8) is 0 Å². The first-order valence-corrected chi connectivity index (χ1v) is 10.5. The van der Waals surface area contributed by atoms with E-state index in [1.807, 2.05) is 28.0 Å². The van der Waals surface area contributed by atoms with Gasteiger partial charge in [-0.15, -0.1) is 0 Å². The van der Waals surface area contributed by atoms with E-state index >= 15 is 0 Å². The third kappa shape index (κ3) is 3.82. The molecule has 3 aliphatic rings. The summed E-state index contributed by atoms with van der Waals surface area (Å²) < 4.78 is 5.27. The number of benzene rings is 1. The van der Waals surface area contributed by atoms with Crippen LogP contribution in [0.1, 0.15) is 43.0 Å². The van der Waals surface area contributed by atoms with Crippen molar-refractivity contribution in [2.45, 2.75) is 44.7 Å². The molecule has 0 unspecified atom stereocenters. The zero-order chi connectivity index (χ0) is 20.5. The molecule has 3 amide bonds. The second-order valence-corrected chi connectivity index (χ2v) is 8.46. The summed E-state index contributed by atoms with van der Waals surface area (Å²) in [6, 6.07) is 7.37. The Bertz CT molecular complexity index is 811. The molecular weight excluding hydrogens is 370 g/mol. The van der Waals surface area contributed by atoms with Gasteiger partial charge in [-0.2, -0.15) is 0 Å². The lowest BCUT2D eigenvalue weighted by molar-refractivity contribution is -0.151. The normalized spacial score (nSPS) is 28.6. The molecule has 3 heterocycles. The molecular formula is C22H29N3O4. The molecule has 3 saturated heterocycles. The summed E-state index contributed by atoms with van der Waals surface area (Å²) in [6.07, 6.45) is 3.46. The summed E-state index contributed by atoms with van der Waals surface area (Å²) >= 11 is 0. The highest BCUT2D eigenvalue weighted by molar-refractivity contribution is 5.94. The highest BCUT2D eigenvalue weighted by Crippen LogP contribution is 2.41. The Hall–Kier alpha value is -2.57. The van der Waals surface area contributed by atoms with Gasteiger partial charge in [0.2, 0.25) is 11.8 Å². The lowest BCUT2D eigenvalue weighted by atomic mass is 9.72. The lowest BCUT2D eigenvalue weighted by Crippen LogP contribution is -2.67. The standard InChI is InChI=1S/C22H29N3O4/c1-14(26)23-11-20-17-9-16(19-7-4-8-21(27)25(19)20)12-24(13-17)22(28)15-5-3-6-18(10-15)29-2/h3,5-6,10,16-17,19-20H,4,7-9,11-13H2,1-2H3,(H,23,26)/t16-,17+,19+,20+/m1/s1. The molecule has 0 aromatic heterocycles. The summed E-state index contributed by atoms with van der Waals surface area (Å²) in [7, 11) is 1.59. The number of rotatable bonds is 4. The van der Waals surface area contributed by atoms with Crippen LogP contribution in [0, 0.1) is 11.8 Å². The number of hydrogen-bond acceptors (Lipinski definition) is 4. The van der Waals surface area contributed by atoms with E-state index in [0.717, 1.165) is 19.3 Å². The summed E-state index contributed by atoms with van der Waals surface area (Å²) in [5, 5.41) is 2.91. The molecule has 1 aromatic carbocycles. The van der Waals surface area contributed by atoms with Crippen molar-refractivity contribution < 1.29 is 19.1 Å². The van der Waals surface area contributed by atoms with Gasteiger partial charge in [0.05, 0.1) is 13.2 Å². The fourth-order valence-corrected chi connectivity index (χ4v) is 5.39. The number of hydrogen-bond donors (Lipinski definition) is 1. The van der Waals surface area contributed by atoms with Gasteiger partial charge < -0.3 is 19.9 Å². The van der Waals surface area contributed by atoms with Crippen LogP contribution in [0.4, 0.5) is 0 Å². The van der Waals surface area contributed by atoms with Crippen molar-refractivity contribution >= 4 is 17.7 Å². The Labute approximate surface area is 171 Å². The average molecular weight is 399 g/mol. The second kappa shape index (κ2) is 8.05. The van der Waals surface area contributed by atoms with Gasteiger partial charge in [0.25, 0.3) is 5.91 Å². The molecule has 0 radical (unpaired) electrons. The van der Waals surface area contributed by atoms with Crippen LogP contribution in [-0.4, -0.2) is 66.3 Å². The van der Waals surface area contributed by atoms with E-state index in [2.05, 4.69) is 5.32 Å². The van der Waals surface area contributed by atoms with E-state index in [1.54, 1.807) is 13.2 Å². The monoisotopic (exact) mass is 399 g/mol. The number of carbonyl (C=O) groups is 3. The van der Waals surface area contributed by atoms with Gasteiger partial charge in [0.1, 0.15) is 5.75 Å². The van der Waals surface area contributed by atoms with Crippen LogP contribution in [0.5, 0.6) is 5.75 Å². The Balaban J connectivity index is 1.58. The SMILES string of the molecule is COc1cccc(C(=O)N2C[C@H]3C[C@@H](C2)[C@H](CNC(C)=O)N2C(=O)CCC[C@@H]32)c1. The minimum atomic E-state index is -0.0896. The Morgan fingerprint density at radius 2 is 2.03 bits per heavy atom. The predicted octanol–water partition coefficient (Wildman–Crippen LogP) is 1.67. The van der Waals surface area contributed by atoms with E-state index in [0.29, 0.717) is 43.3 Å². The van der Waals surface area contributed by atoms with Crippen LogP contribution in [0.25, 0.3) is 0 Å².